The van der Waals surface area contributed by atoms with Crippen molar-refractivity contribution in [1.29, 1.82) is 0 Å². The highest BCUT2D eigenvalue weighted by atomic mass is 15.6. The Hall–Kier alpha value is -0.930. The minimum atomic E-state index is 0.00694. The second kappa shape index (κ2) is 2.36. The number of hydrogen-bond acceptors (Lipinski definition) is 4. The lowest BCUT2D eigenvalue weighted by molar-refractivity contribution is 0.429. The summed E-state index contributed by atoms with van der Waals surface area (Å²) < 4.78 is 0. The molecule has 4 heteroatoms. The van der Waals surface area contributed by atoms with Crippen LogP contribution in [0, 0.1) is 5.41 Å². The van der Waals surface area contributed by atoms with Crippen molar-refractivity contribution in [2.45, 2.75) is 26.8 Å². The first-order valence-corrected chi connectivity index (χ1v) is 3.32. The van der Waals surface area contributed by atoms with Crippen LogP contribution in [0.2, 0.25) is 0 Å². The topological polar surface area (TPSA) is 49.1 Å². The summed E-state index contributed by atoms with van der Waals surface area (Å²) in [6.07, 6.45) is 1.83. The predicted octanol–water partition coefficient (Wildman–Crippen LogP) is 1.36. The SMILES string of the molecule is CC1N=NNN=CC1(C)C. The van der Waals surface area contributed by atoms with E-state index in [0.717, 1.165) is 0 Å². The Labute approximate surface area is 60.4 Å². The van der Waals surface area contributed by atoms with E-state index in [4.69, 9.17) is 0 Å². The number of nitrogens with zero attached hydrogens (tertiary/aromatic N) is 3. The average molecular weight is 140 g/mol. The van der Waals surface area contributed by atoms with E-state index in [9.17, 15) is 0 Å². The van der Waals surface area contributed by atoms with Gasteiger partial charge in [-0.05, 0) is 6.92 Å². The maximum Gasteiger partial charge on any atom is 0.0803 e. The van der Waals surface area contributed by atoms with Crippen LogP contribution >= 0.6 is 0 Å². The summed E-state index contributed by atoms with van der Waals surface area (Å²) in [6.45, 7) is 6.17. The lowest BCUT2D eigenvalue weighted by Crippen LogP contribution is -2.25. The smallest absolute Gasteiger partial charge is 0.0803 e. The molecule has 0 aliphatic carbocycles. The molecule has 0 aromatic carbocycles. The quantitative estimate of drug-likeness (QED) is 0.542. The normalized spacial score (nSPS) is 29.3. The van der Waals surface area contributed by atoms with Gasteiger partial charge in [0, 0.05) is 11.6 Å². The molecule has 56 valence electrons. The van der Waals surface area contributed by atoms with E-state index in [2.05, 4.69) is 34.8 Å². The summed E-state index contributed by atoms with van der Waals surface area (Å²) in [5.74, 6) is 0. The molecule has 1 heterocycles. The first-order chi connectivity index (χ1) is 4.63. The standard InChI is InChI=1S/C6H12N4/c1-5-6(2,3)4-7-9-10-8-5/h4-5H,1-3H3,(H,8,9). The number of hydrazone groups is 1. The van der Waals surface area contributed by atoms with E-state index in [1.807, 2.05) is 13.1 Å². The Balaban J connectivity index is 2.81. The third-order valence-corrected chi connectivity index (χ3v) is 1.81. The van der Waals surface area contributed by atoms with Gasteiger partial charge in [-0.25, -0.2) is 0 Å². The lowest BCUT2D eigenvalue weighted by atomic mass is 9.88. The molecule has 1 N–H and O–H groups in total. The molecular weight excluding hydrogens is 128 g/mol. The highest BCUT2D eigenvalue weighted by molar-refractivity contribution is 5.65. The third-order valence-electron chi connectivity index (χ3n) is 1.81. The summed E-state index contributed by atoms with van der Waals surface area (Å²) in [7, 11) is 0. The molecule has 0 fully saturated rings. The van der Waals surface area contributed by atoms with Crippen LogP contribution in [-0.2, 0) is 0 Å². The van der Waals surface area contributed by atoms with E-state index in [1.165, 1.54) is 0 Å². The van der Waals surface area contributed by atoms with Crippen LogP contribution in [-0.4, -0.2) is 12.3 Å². The Kier molecular flexibility index (Phi) is 1.70. The molecule has 0 amide bonds. The summed E-state index contributed by atoms with van der Waals surface area (Å²) in [5.41, 5.74) is 2.47. The van der Waals surface area contributed by atoms with Gasteiger partial charge in [0.15, 0.2) is 0 Å². The van der Waals surface area contributed by atoms with Crippen LogP contribution in [0.5, 0.6) is 0 Å². The highest BCUT2D eigenvalue weighted by Gasteiger charge is 2.24. The van der Waals surface area contributed by atoms with Crippen molar-refractivity contribution in [3.8, 4) is 0 Å². The van der Waals surface area contributed by atoms with E-state index >= 15 is 0 Å². The molecule has 10 heavy (non-hydrogen) atoms. The molecule has 0 spiro atoms. The first kappa shape index (κ1) is 7.18. The zero-order chi connectivity index (χ0) is 7.61. The maximum absolute atomic E-state index is 3.97. The molecule has 0 aromatic rings. The van der Waals surface area contributed by atoms with Gasteiger partial charge in [0.1, 0.15) is 0 Å². The molecule has 0 aromatic heterocycles. The molecule has 0 saturated heterocycles. The van der Waals surface area contributed by atoms with Gasteiger partial charge >= 0.3 is 0 Å². The van der Waals surface area contributed by atoms with E-state index < -0.39 is 0 Å². The van der Waals surface area contributed by atoms with Crippen LogP contribution < -0.4 is 5.53 Å². The van der Waals surface area contributed by atoms with E-state index in [0.29, 0.717) is 0 Å². The zero-order valence-corrected chi connectivity index (χ0v) is 6.50. The Morgan fingerprint density at radius 2 is 2.20 bits per heavy atom. The summed E-state index contributed by atoms with van der Waals surface area (Å²) in [4.78, 5) is 0. The van der Waals surface area contributed by atoms with E-state index in [1.54, 1.807) is 0 Å². The molecule has 0 saturated carbocycles. The molecule has 0 radical (unpaired) electrons. The fourth-order valence-electron chi connectivity index (χ4n) is 0.590. The lowest BCUT2D eigenvalue weighted by Gasteiger charge is -2.20. The van der Waals surface area contributed by atoms with Gasteiger partial charge in [-0.2, -0.15) is 15.8 Å². The number of hydrogen-bond donors (Lipinski definition) is 1. The molecule has 1 atom stereocenters. The van der Waals surface area contributed by atoms with Crippen LogP contribution in [0.1, 0.15) is 20.8 Å². The Morgan fingerprint density at radius 3 is 2.90 bits per heavy atom. The Bertz CT molecular complexity index is 171. The van der Waals surface area contributed by atoms with Crippen molar-refractivity contribution in [3.63, 3.8) is 0 Å². The predicted molar refractivity (Wildman–Crippen MR) is 39.7 cm³/mol. The van der Waals surface area contributed by atoms with Crippen molar-refractivity contribution in [2.24, 2.45) is 20.9 Å². The molecular formula is C6H12N4. The van der Waals surface area contributed by atoms with Gasteiger partial charge in [-0.15, -0.1) is 0 Å². The minimum Gasteiger partial charge on any atom is -0.180 e. The van der Waals surface area contributed by atoms with Gasteiger partial charge in [0.05, 0.1) is 6.04 Å². The molecule has 0 bridgehead atoms. The van der Waals surface area contributed by atoms with Crippen molar-refractivity contribution in [2.75, 3.05) is 0 Å². The van der Waals surface area contributed by atoms with Crippen LogP contribution in [0.15, 0.2) is 15.4 Å². The molecule has 1 unspecified atom stereocenters. The fraction of sp³-hybridized carbons (Fsp3) is 0.833. The van der Waals surface area contributed by atoms with Crippen molar-refractivity contribution < 1.29 is 0 Å². The zero-order valence-electron chi connectivity index (χ0n) is 6.50. The minimum absolute atomic E-state index is 0.00694. The fourth-order valence-corrected chi connectivity index (χ4v) is 0.590. The van der Waals surface area contributed by atoms with Crippen molar-refractivity contribution >= 4 is 6.21 Å². The van der Waals surface area contributed by atoms with Crippen LogP contribution in [0.4, 0.5) is 0 Å². The summed E-state index contributed by atoms with van der Waals surface area (Å²) >= 11 is 0. The van der Waals surface area contributed by atoms with Crippen LogP contribution in [0.3, 0.4) is 0 Å². The summed E-state index contributed by atoms with van der Waals surface area (Å²) in [6, 6.07) is 0.186. The van der Waals surface area contributed by atoms with Gasteiger partial charge in [0.2, 0.25) is 0 Å². The molecule has 1 aliphatic rings. The maximum atomic E-state index is 3.97. The summed E-state index contributed by atoms with van der Waals surface area (Å²) in [5, 5.41) is 11.4. The molecule has 1 aliphatic heterocycles. The number of nitrogens with one attached hydrogen (secondary N) is 1. The second-order valence-corrected chi connectivity index (χ2v) is 3.07. The first-order valence-electron chi connectivity index (χ1n) is 3.32. The van der Waals surface area contributed by atoms with Gasteiger partial charge in [-0.3, -0.25) is 0 Å². The van der Waals surface area contributed by atoms with Crippen molar-refractivity contribution in [3.05, 3.63) is 0 Å². The largest absolute Gasteiger partial charge is 0.180 e. The van der Waals surface area contributed by atoms with Crippen LogP contribution in [0.25, 0.3) is 0 Å². The number of rotatable bonds is 0. The van der Waals surface area contributed by atoms with E-state index in [-0.39, 0.29) is 11.5 Å². The van der Waals surface area contributed by atoms with Gasteiger partial charge < -0.3 is 0 Å². The monoisotopic (exact) mass is 140 g/mol. The molecule has 1 rings (SSSR count). The van der Waals surface area contributed by atoms with Gasteiger partial charge in [0.25, 0.3) is 0 Å². The second-order valence-electron chi connectivity index (χ2n) is 3.07. The Morgan fingerprint density at radius 1 is 1.50 bits per heavy atom. The average Bonchev–Trinajstić information content (AvgIpc) is 1.96. The highest BCUT2D eigenvalue weighted by Crippen LogP contribution is 2.21. The molecule has 4 nitrogen and oxygen atoms in total. The third kappa shape index (κ3) is 1.32. The van der Waals surface area contributed by atoms with Gasteiger partial charge in [-0.1, -0.05) is 19.1 Å². The van der Waals surface area contributed by atoms with Crippen molar-refractivity contribution in [1.82, 2.24) is 5.53 Å².